The van der Waals surface area contributed by atoms with Crippen LogP contribution in [-0.4, -0.2) is 10.3 Å². The SMILES string of the molecule is Cc1ccc(N2c3ccccc3C3=CC4=C(CC32)c2ccc(C)cc2S4=O)cc1. The molecular weight excluding hydrogens is 374 g/mol. The van der Waals surface area contributed by atoms with E-state index < -0.39 is 10.8 Å². The highest BCUT2D eigenvalue weighted by Gasteiger charge is 2.41. The molecule has 0 bridgehead atoms. The van der Waals surface area contributed by atoms with Crippen LogP contribution in [0.5, 0.6) is 0 Å². The Morgan fingerprint density at radius 1 is 0.897 bits per heavy atom. The van der Waals surface area contributed by atoms with Gasteiger partial charge in [0.05, 0.1) is 21.7 Å². The summed E-state index contributed by atoms with van der Waals surface area (Å²) in [6.07, 6.45) is 3.09. The summed E-state index contributed by atoms with van der Waals surface area (Å²) < 4.78 is 13.3. The summed E-state index contributed by atoms with van der Waals surface area (Å²) in [5, 5.41) is 0. The third-order valence-electron chi connectivity index (χ3n) is 6.30. The molecule has 0 fully saturated rings. The van der Waals surface area contributed by atoms with Crippen molar-refractivity contribution in [2.24, 2.45) is 0 Å². The molecule has 0 saturated carbocycles. The van der Waals surface area contributed by atoms with Crippen LogP contribution in [-0.2, 0) is 10.8 Å². The summed E-state index contributed by atoms with van der Waals surface area (Å²) in [5.74, 6) is 0. The number of rotatable bonds is 1. The van der Waals surface area contributed by atoms with Crippen LogP contribution in [0, 0.1) is 13.8 Å². The molecule has 0 N–H and O–H groups in total. The van der Waals surface area contributed by atoms with Crippen molar-refractivity contribution in [3.8, 4) is 0 Å². The highest BCUT2D eigenvalue weighted by atomic mass is 32.2. The molecule has 3 aliphatic rings. The molecule has 2 atom stereocenters. The third-order valence-corrected chi connectivity index (χ3v) is 7.80. The fraction of sp³-hybridized carbons (Fsp3) is 0.154. The standard InChI is InChI=1S/C26H21NOS/c1-16-7-10-18(11-8-16)27-23-6-4-3-5-19(23)21-15-26-22(14-24(21)27)20-12-9-17(2)13-25(20)29(26)28/h3-13,15,24H,14H2,1-2H3. The minimum Gasteiger partial charge on any atom is -0.333 e. The van der Waals surface area contributed by atoms with Crippen LogP contribution in [0.1, 0.15) is 28.7 Å². The topological polar surface area (TPSA) is 20.3 Å². The molecule has 0 radical (unpaired) electrons. The number of fused-ring (bicyclic) bond motifs is 5. The molecule has 29 heavy (non-hydrogen) atoms. The average molecular weight is 396 g/mol. The van der Waals surface area contributed by atoms with Crippen LogP contribution >= 0.6 is 0 Å². The summed E-state index contributed by atoms with van der Waals surface area (Å²) >= 11 is 0. The first kappa shape index (κ1) is 17.0. The largest absolute Gasteiger partial charge is 0.333 e. The van der Waals surface area contributed by atoms with E-state index in [0.717, 1.165) is 21.8 Å². The first-order chi connectivity index (χ1) is 14.1. The number of hydrogen-bond acceptors (Lipinski definition) is 2. The van der Waals surface area contributed by atoms with E-state index in [1.165, 1.54) is 39.2 Å². The molecule has 0 saturated heterocycles. The Balaban J connectivity index is 1.53. The predicted molar refractivity (Wildman–Crippen MR) is 121 cm³/mol. The van der Waals surface area contributed by atoms with Crippen molar-refractivity contribution in [2.75, 3.05) is 4.90 Å². The second-order valence-electron chi connectivity index (χ2n) is 8.15. The van der Waals surface area contributed by atoms with Crippen LogP contribution in [0.4, 0.5) is 11.4 Å². The van der Waals surface area contributed by atoms with Crippen molar-refractivity contribution in [3.63, 3.8) is 0 Å². The van der Waals surface area contributed by atoms with Crippen molar-refractivity contribution in [3.05, 3.63) is 100.0 Å². The van der Waals surface area contributed by atoms with Crippen molar-refractivity contribution < 1.29 is 4.21 Å². The quantitative estimate of drug-likeness (QED) is 0.493. The molecule has 0 aromatic heterocycles. The summed E-state index contributed by atoms with van der Waals surface area (Å²) in [7, 11) is -1.08. The maximum atomic E-state index is 13.3. The van der Waals surface area contributed by atoms with Crippen LogP contribution < -0.4 is 4.90 Å². The Kier molecular flexibility index (Phi) is 3.54. The Morgan fingerprint density at radius 3 is 2.48 bits per heavy atom. The van der Waals surface area contributed by atoms with Gasteiger partial charge in [-0.25, -0.2) is 4.21 Å². The van der Waals surface area contributed by atoms with Gasteiger partial charge in [-0.15, -0.1) is 0 Å². The lowest BCUT2D eigenvalue weighted by Gasteiger charge is -2.30. The fourth-order valence-corrected chi connectivity index (χ4v) is 6.47. The van der Waals surface area contributed by atoms with Gasteiger partial charge in [-0.2, -0.15) is 0 Å². The van der Waals surface area contributed by atoms with E-state index in [-0.39, 0.29) is 6.04 Å². The monoisotopic (exact) mass is 395 g/mol. The molecule has 0 spiro atoms. The van der Waals surface area contributed by atoms with Gasteiger partial charge < -0.3 is 4.90 Å². The summed E-state index contributed by atoms with van der Waals surface area (Å²) in [6.45, 7) is 4.19. The minimum absolute atomic E-state index is 0.234. The maximum Gasteiger partial charge on any atom is 0.0859 e. The first-order valence-electron chi connectivity index (χ1n) is 10.0. The predicted octanol–water partition coefficient (Wildman–Crippen LogP) is 6.14. The number of benzene rings is 3. The molecular formula is C26H21NOS. The van der Waals surface area contributed by atoms with E-state index >= 15 is 0 Å². The molecule has 2 heterocycles. The smallest absolute Gasteiger partial charge is 0.0859 e. The Bertz CT molecular complexity index is 1270. The van der Waals surface area contributed by atoms with E-state index in [4.69, 9.17) is 0 Å². The third kappa shape index (κ3) is 2.37. The van der Waals surface area contributed by atoms with Crippen molar-refractivity contribution in [1.82, 2.24) is 0 Å². The molecule has 2 unspecified atom stereocenters. The lowest BCUT2D eigenvalue weighted by Crippen LogP contribution is -2.28. The highest BCUT2D eigenvalue weighted by Crippen LogP contribution is 2.53. The molecule has 3 aromatic rings. The van der Waals surface area contributed by atoms with E-state index in [2.05, 4.69) is 91.6 Å². The second-order valence-corrected chi connectivity index (χ2v) is 9.57. The van der Waals surface area contributed by atoms with Gasteiger partial charge in [0, 0.05) is 21.8 Å². The van der Waals surface area contributed by atoms with Crippen LogP contribution in [0.3, 0.4) is 0 Å². The van der Waals surface area contributed by atoms with Crippen molar-refractivity contribution >= 4 is 33.3 Å². The van der Waals surface area contributed by atoms with Gasteiger partial charge in [0.2, 0.25) is 0 Å². The van der Waals surface area contributed by atoms with E-state index in [1.54, 1.807) is 0 Å². The lowest BCUT2D eigenvalue weighted by molar-refractivity contribution is 0.688. The molecule has 2 nitrogen and oxygen atoms in total. The van der Waals surface area contributed by atoms with Gasteiger partial charge in [0.15, 0.2) is 0 Å². The van der Waals surface area contributed by atoms with Gasteiger partial charge >= 0.3 is 0 Å². The number of hydrogen-bond donors (Lipinski definition) is 0. The van der Waals surface area contributed by atoms with E-state index in [0.29, 0.717) is 0 Å². The van der Waals surface area contributed by atoms with Crippen LogP contribution in [0.15, 0.2) is 82.6 Å². The summed E-state index contributed by atoms with van der Waals surface area (Å²) in [5.41, 5.74) is 9.84. The molecule has 3 heteroatoms. The molecule has 142 valence electrons. The normalized spacial score (nSPS) is 21.4. The average Bonchev–Trinajstić information content (AvgIpc) is 3.20. The van der Waals surface area contributed by atoms with Gasteiger partial charge in [-0.05, 0) is 72.9 Å². The van der Waals surface area contributed by atoms with Crippen LogP contribution in [0.2, 0.25) is 0 Å². The minimum atomic E-state index is -1.08. The number of para-hydroxylation sites is 1. The van der Waals surface area contributed by atoms with Gasteiger partial charge in [0.1, 0.15) is 0 Å². The molecule has 3 aromatic carbocycles. The molecule has 1 aliphatic carbocycles. The summed E-state index contributed by atoms with van der Waals surface area (Å²) in [6, 6.07) is 24.0. The number of allylic oxidation sites excluding steroid dienone is 1. The second kappa shape index (κ2) is 6.04. The Labute approximate surface area is 173 Å². The maximum absolute atomic E-state index is 13.3. The van der Waals surface area contributed by atoms with Crippen molar-refractivity contribution in [2.45, 2.75) is 31.2 Å². The van der Waals surface area contributed by atoms with Crippen molar-refractivity contribution in [1.29, 1.82) is 0 Å². The van der Waals surface area contributed by atoms with Gasteiger partial charge in [-0.3, -0.25) is 0 Å². The molecule has 2 aliphatic heterocycles. The van der Waals surface area contributed by atoms with Crippen LogP contribution in [0.25, 0.3) is 11.1 Å². The van der Waals surface area contributed by atoms with Gasteiger partial charge in [0.25, 0.3) is 0 Å². The van der Waals surface area contributed by atoms with E-state index in [9.17, 15) is 4.21 Å². The number of aryl methyl sites for hydroxylation is 2. The highest BCUT2D eigenvalue weighted by molar-refractivity contribution is 7.90. The number of anilines is 2. The Morgan fingerprint density at radius 2 is 1.66 bits per heavy atom. The molecule has 0 amide bonds. The fourth-order valence-electron chi connectivity index (χ4n) is 4.89. The molecule has 6 rings (SSSR count). The zero-order valence-corrected chi connectivity index (χ0v) is 17.3. The summed E-state index contributed by atoms with van der Waals surface area (Å²) in [4.78, 5) is 4.43. The number of nitrogens with zero attached hydrogens (tertiary/aromatic N) is 1. The van der Waals surface area contributed by atoms with E-state index in [1.807, 2.05) is 0 Å². The zero-order valence-electron chi connectivity index (χ0n) is 16.5. The zero-order chi connectivity index (χ0) is 19.7. The first-order valence-corrected chi connectivity index (χ1v) is 11.2. The van der Waals surface area contributed by atoms with Gasteiger partial charge in [-0.1, -0.05) is 48.0 Å². The Hall–Kier alpha value is -2.91. The lowest BCUT2D eigenvalue weighted by atomic mass is 9.88.